The SMILES string of the molecule is CC(COc1ccc(O)cc1)N1CCN(C(=O)OC(C)(C)C)CC1. The number of hydrogen-bond acceptors (Lipinski definition) is 5. The Morgan fingerprint density at radius 1 is 1.17 bits per heavy atom. The summed E-state index contributed by atoms with van der Waals surface area (Å²) in [5.41, 5.74) is -0.459. The van der Waals surface area contributed by atoms with Gasteiger partial charge in [0.25, 0.3) is 0 Å². The molecular weight excluding hydrogens is 308 g/mol. The van der Waals surface area contributed by atoms with Gasteiger partial charge in [0.15, 0.2) is 0 Å². The van der Waals surface area contributed by atoms with E-state index in [2.05, 4.69) is 11.8 Å². The van der Waals surface area contributed by atoms with E-state index in [0.29, 0.717) is 19.7 Å². The summed E-state index contributed by atoms with van der Waals surface area (Å²) in [7, 11) is 0. The van der Waals surface area contributed by atoms with Gasteiger partial charge in [-0.05, 0) is 52.0 Å². The number of amides is 1. The quantitative estimate of drug-likeness (QED) is 0.916. The number of rotatable bonds is 4. The average molecular weight is 336 g/mol. The van der Waals surface area contributed by atoms with Gasteiger partial charge in [0.1, 0.15) is 23.7 Å². The zero-order valence-electron chi connectivity index (χ0n) is 15.0. The third kappa shape index (κ3) is 5.60. The molecule has 6 nitrogen and oxygen atoms in total. The molecule has 1 aliphatic heterocycles. The Morgan fingerprint density at radius 2 is 1.75 bits per heavy atom. The van der Waals surface area contributed by atoms with Crippen molar-refractivity contribution in [3.8, 4) is 11.5 Å². The number of benzene rings is 1. The molecule has 0 radical (unpaired) electrons. The molecule has 1 N–H and O–H groups in total. The Balaban J connectivity index is 1.75. The largest absolute Gasteiger partial charge is 0.508 e. The second kappa shape index (κ2) is 7.75. The predicted molar refractivity (Wildman–Crippen MR) is 92.4 cm³/mol. The molecule has 1 aromatic carbocycles. The number of carbonyl (C=O) groups is 1. The van der Waals surface area contributed by atoms with Crippen LogP contribution >= 0.6 is 0 Å². The molecule has 1 fully saturated rings. The highest BCUT2D eigenvalue weighted by Crippen LogP contribution is 2.17. The van der Waals surface area contributed by atoms with Crippen molar-refractivity contribution in [1.82, 2.24) is 9.80 Å². The first kappa shape index (κ1) is 18.4. The van der Waals surface area contributed by atoms with Crippen molar-refractivity contribution in [1.29, 1.82) is 0 Å². The molecule has 0 saturated carbocycles. The summed E-state index contributed by atoms with van der Waals surface area (Å²) in [5, 5.41) is 9.27. The summed E-state index contributed by atoms with van der Waals surface area (Å²) in [4.78, 5) is 16.1. The number of carbonyl (C=O) groups excluding carboxylic acids is 1. The van der Waals surface area contributed by atoms with Crippen LogP contribution in [0.25, 0.3) is 0 Å². The zero-order chi connectivity index (χ0) is 17.7. The molecule has 0 spiro atoms. The average Bonchev–Trinajstić information content (AvgIpc) is 2.52. The molecule has 0 aliphatic carbocycles. The number of piperazine rings is 1. The standard InChI is InChI=1S/C18H28N2O4/c1-14(13-23-16-7-5-15(21)6-8-16)19-9-11-20(12-10-19)17(22)24-18(2,3)4/h5-8,14,21H,9-13H2,1-4H3. The van der Waals surface area contributed by atoms with Crippen LogP contribution < -0.4 is 4.74 Å². The van der Waals surface area contributed by atoms with E-state index in [1.54, 1.807) is 29.2 Å². The molecule has 1 unspecified atom stereocenters. The number of phenolic OH excluding ortho intramolecular Hbond substituents is 1. The minimum atomic E-state index is -0.459. The van der Waals surface area contributed by atoms with Crippen molar-refractivity contribution in [3.05, 3.63) is 24.3 Å². The summed E-state index contributed by atoms with van der Waals surface area (Å²) in [6.07, 6.45) is -0.241. The van der Waals surface area contributed by atoms with Crippen molar-refractivity contribution in [2.45, 2.75) is 39.3 Å². The lowest BCUT2D eigenvalue weighted by atomic mass is 10.2. The number of hydrogen-bond donors (Lipinski definition) is 1. The van der Waals surface area contributed by atoms with Gasteiger partial charge >= 0.3 is 6.09 Å². The van der Waals surface area contributed by atoms with Crippen LogP contribution in [-0.2, 0) is 4.74 Å². The Hall–Kier alpha value is -1.95. The molecule has 1 saturated heterocycles. The highest BCUT2D eigenvalue weighted by atomic mass is 16.6. The monoisotopic (exact) mass is 336 g/mol. The summed E-state index contributed by atoms with van der Waals surface area (Å²) in [6.45, 7) is 11.3. The third-order valence-corrected chi connectivity index (χ3v) is 3.92. The van der Waals surface area contributed by atoms with Crippen LogP contribution in [0.2, 0.25) is 0 Å². The summed E-state index contributed by atoms with van der Waals surface area (Å²) in [6, 6.07) is 6.98. The predicted octanol–water partition coefficient (Wildman–Crippen LogP) is 2.71. The van der Waals surface area contributed by atoms with Gasteiger partial charge in [0.2, 0.25) is 0 Å². The molecule has 1 aliphatic rings. The maximum absolute atomic E-state index is 12.1. The summed E-state index contributed by atoms with van der Waals surface area (Å²) >= 11 is 0. The fraction of sp³-hybridized carbons (Fsp3) is 0.611. The molecule has 1 atom stereocenters. The highest BCUT2D eigenvalue weighted by molar-refractivity contribution is 5.68. The molecule has 0 aromatic heterocycles. The topological polar surface area (TPSA) is 62.2 Å². The lowest BCUT2D eigenvalue weighted by Gasteiger charge is -2.38. The van der Waals surface area contributed by atoms with Crippen LogP contribution in [0.5, 0.6) is 11.5 Å². The van der Waals surface area contributed by atoms with Crippen LogP contribution in [0.3, 0.4) is 0 Å². The Kier molecular flexibility index (Phi) is 5.94. The number of ether oxygens (including phenoxy) is 2. The Bertz CT molecular complexity index is 531. The molecule has 1 amide bonds. The number of aromatic hydroxyl groups is 1. The van der Waals surface area contributed by atoms with E-state index in [-0.39, 0.29) is 17.9 Å². The van der Waals surface area contributed by atoms with Gasteiger partial charge in [0.05, 0.1) is 0 Å². The van der Waals surface area contributed by atoms with Crippen molar-refractivity contribution in [2.24, 2.45) is 0 Å². The molecule has 2 rings (SSSR count). The van der Waals surface area contributed by atoms with Crippen molar-refractivity contribution in [2.75, 3.05) is 32.8 Å². The van der Waals surface area contributed by atoms with Crippen molar-refractivity contribution >= 4 is 6.09 Å². The van der Waals surface area contributed by atoms with E-state index in [1.807, 2.05) is 20.8 Å². The van der Waals surface area contributed by atoms with Crippen LogP contribution in [0.4, 0.5) is 4.79 Å². The highest BCUT2D eigenvalue weighted by Gasteiger charge is 2.27. The van der Waals surface area contributed by atoms with Crippen molar-refractivity contribution in [3.63, 3.8) is 0 Å². The maximum atomic E-state index is 12.1. The first-order valence-corrected chi connectivity index (χ1v) is 8.38. The molecule has 24 heavy (non-hydrogen) atoms. The van der Waals surface area contributed by atoms with Gasteiger partial charge in [0, 0.05) is 32.2 Å². The van der Waals surface area contributed by atoms with Gasteiger partial charge in [-0.15, -0.1) is 0 Å². The van der Waals surface area contributed by atoms with Gasteiger partial charge in [-0.2, -0.15) is 0 Å². The molecule has 134 valence electrons. The second-order valence-corrected chi connectivity index (χ2v) is 7.16. The number of nitrogens with zero attached hydrogens (tertiary/aromatic N) is 2. The zero-order valence-corrected chi connectivity index (χ0v) is 15.0. The van der Waals surface area contributed by atoms with Crippen molar-refractivity contribution < 1.29 is 19.4 Å². The van der Waals surface area contributed by atoms with Gasteiger partial charge in [-0.3, -0.25) is 4.90 Å². The summed E-state index contributed by atoms with van der Waals surface area (Å²) < 4.78 is 11.2. The molecule has 1 heterocycles. The van der Waals surface area contributed by atoms with Crippen LogP contribution in [0, 0.1) is 0 Å². The first-order chi connectivity index (χ1) is 11.2. The smallest absolute Gasteiger partial charge is 0.410 e. The summed E-state index contributed by atoms with van der Waals surface area (Å²) in [5.74, 6) is 0.973. The fourth-order valence-corrected chi connectivity index (χ4v) is 2.54. The fourth-order valence-electron chi connectivity index (χ4n) is 2.54. The molecule has 1 aromatic rings. The van der Waals surface area contributed by atoms with Crippen LogP contribution in [-0.4, -0.2) is 65.4 Å². The molecular formula is C18H28N2O4. The lowest BCUT2D eigenvalue weighted by Crippen LogP contribution is -2.53. The third-order valence-electron chi connectivity index (χ3n) is 3.92. The molecule has 6 heteroatoms. The van der Waals surface area contributed by atoms with Gasteiger partial charge < -0.3 is 19.5 Å². The first-order valence-electron chi connectivity index (χ1n) is 8.38. The minimum absolute atomic E-state index is 0.230. The van der Waals surface area contributed by atoms with E-state index in [0.717, 1.165) is 18.8 Å². The van der Waals surface area contributed by atoms with E-state index >= 15 is 0 Å². The van der Waals surface area contributed by atoms with Crippen LogP contribution in [0.15, 0.2) is 24.3 Å². The number of phenols is 1. The van der Waals surface area contributed by atoms with E-state index in [9.17, 15) is 9.90 Å². The van der Waals surface area contributed by atoms with E-state index in [1.165, 1.54) is 0 Å². The lowest BCUT2D eigenvalue weighted by molar-refractivity contribution is 0.00882. The molecule has 0 bridgehead atoms. The minimum Gasteiger partial charge on any atom is -0.508 e. The second-order valence-electron chi connectivity index (χ2n) is 7.16. The normalized spacial score (nSPS) is 17.4. The van der Waals surface area contributed by atoms with Gasteiger partial charge in [-0.25, -0.2) is 4.79 Å². The van der Waals surface area contributed by atoms with E-state index in [4.69, 9.17) is 9.47 Å². The Labute approximate surface area is 144 Å². The van der Waals surface area contributed by atoms with Crippen LogP contribution in [0.1, 0.15) is 27.7 Å². The van der Waals surface area contributed by atoms with E-state index < -0.39 is 5.60 Å². The maximum Gasteiger partial charge on any atom is 0.410 e. The van der Waals surface area contributed by atoms with Gasteiger partial charge in [-0.1, -0.05) is 0 Å². The Morgan fingerprint density at radius 3 is 2.29 bits per heavy atom.